The van der Waals surface area contributed by atoms with Gasteiger partial charge in [0, 0.05) is 13.2 Å². The summed E-state index contributed by atoms with van der Waals surface area (Å²) in [6.45, 7) is -3.15. The normalized spacial score (nSPS) is 22.8. The standard InChI is InChI=1S/C20H30N4O18S2/c1-23-5-3-4-9(23)18(32)24(2,10(6-25)14(28)15(29)11(26)7-41-43(35,36)37)20(34,12(27)8-42-44(38,39)40)16(30)13-17(31)22-19(33)21-13/h3-6,10-16,26-30,34H,7-8H2,1-2H3,(H3-,21,22,31,33,35,36,37,38,39,40)/p+1/t10-,11-,12-,13-,14-,15-,16-,20+,24?/m1/s1. The van der Waals surface area contributed by atoms with Crippen molar-refractivity contribution in [2.75, 3.05) is 20.3 Å². The van der Waals surface area contributed by atoms with Crippen LogP contribution < -0.4 is 10.6 Å². The maximum atomic E-state index is 14.1. The van der Waals surface area contributed by atoms with E-state index in [4.69, 9.17) is 9.11 Å². The first-order valence-corrected chi connectivity index (χ1v) is 14.7. The Hall–Kier alpha value is -2.98. The van der Waals surface area contributed by atoms with Crippen LogP contribution in [0.3, 0.4) is 0 Å². The molecular formula is C20H31N4O18S2+. The number of carbonyl (C=O) groups excluding carboxylic acids is 4. The zero-order valence-electron chi connectivity index (χ0n) is 22.6. The van der Waals surface area contributed by atoms with Gasteiger partial charge in [0.05, 0.1) is 13.7 Å². The summed E-state index contributed by atoms with van der Waals surface area (Å²) in [4.78, 5) is 50.9. The zero-order valence-corrected chi connectivity index (χ0v) is 24.3. The zero-order chi connectivity index (χ0) is 34.0. The summed E-state index contributed by atoms with van der Waals surface area (Å²) < 4.78 is 68.8. The Labute approximate surface area is 248 Å². The lowest BCUT2D eigenvalue weighted by molar-refractivity contribution is -0.939. The average Bonchev–Trinajstić information content (AvgIpc) is 3.50. The highest BCUT2D eigenvalue weighted by Crippen LogP contribution is 2.37. The third-order valence-corrected chi connectivity index (χ3v) is 7.84. The number of hydrogen-bond donors (Lipinski definition) is 10. The number of quaternary nitrogens is 1. The van der Waals surface area contributed by atoms with E-state index in [-0.39, 0.29) is 6.29 Å². The fourth-order valence-corrected chi connectivity index (χ4v) is 5.22. The van der Waals surface area contributed by atoms with Gasteiger partial charge >= 0.3 is 32.7 Å². The fourth-order valence-electron chi connectivity index (χ4n) is 4.60. The molecule has 0 saturated carbocycles. The minimum atomic E-state index is -5.42. The first-order chi connectivity index (χ1) is 20.0. The van der Waals surface area contributed by atoms with E-state index in [0.717, 1.165) is 10.6 Å². The molecule has 1 saturated heterocycles. The highest BCUT2D eigenvalue weighted by atomic mass is 32.3. The van der Waals surface area contributed by atoms with Gasteiger partial charge in [0.2, 0.25) is 0 Å². The highest BCUT2D eigenvalue weighted by molar-refractivity contribution is 7.81. The number of nitrogens with one attached hydrogen (secondary N) is 2. The van der Waals surface area contributed by atoms with Gasteiger partial charge in [-0.1, -0.05) is 0 Å². The van der Waals surface area contributed by atoms with Gasteiger partial charge in [0.25, 0.3) is 11.6 Å². The molecule has 1 aromatic rings. The smallest absolute Gasteiger partial charge is 0.388 e. The SMILES string of the molecule is Cn1cccc1C(=O)[N+](C)([C@H](C=O)[C@@H](O)[C@H](O)[C@H](O)COS(=O)(=O)O)[C@](O)([C@H](O)COS(=O)(=O)O)[C@H](O)[C@H]1NC(=O)NC1=O. The second-order valence-electron chi connectivity index (χ2n) is 9.67. The maximum Gasteiger partial charge on any atom is 0.397 e. The molecule has 22 nitrogen and oxygen atoms in total. The van der Waals surface area contributed by atoms with Crippen molar-refractivity contribution in [2.45, 2.75) is 48.3 Å². The lowest BCUT2D eigenvalue weighted by Gasteiger charge is -2.53. The minimum absolute atomic E-state index is 0.327. The van der Waals surface area contributed by atoms with Crippen LogP contribution in [-0.2, 0) is 45.8 Å². The number of aryl methyl sites for hydroxylation is 1. The molecule has 1 aliphatic rings. The van der Waals surface area contributed by atoms with E-state index < -0.39 is 110 Å². The number of imide groups is 1. The molecule has 1 aliphatic heterocycles. The number of carbonyl (C=O) groups is 4. The quantitative estimate of drug-likeness (QED) is 0.0255. The molecule has 0 aromatic carbocycles. The van der Waals surface area contributed by atoms with Crippen LogP contribution in [0, 0.1) is 0 Å². The monoisotopic (exact) mass is 679 g/mol. The van der Waals surface area contributed by atoms with Gasteiger partial charge in [-0.15, -0.1) is 0 Å². The van der Waals surface area contributed by atoms with Crippen LogP contribution in [0.5, 0.6) is 0 Å². The van der Waals surface area contributed by atoms with Crippen molar-refractivity contribution in [3.63, 3.8) is 0 Å². The van der Waals surface area contributed by atoms with Gasteiger partial charge < -0.3 is 40.5 Å². The molecule has 1 fully saturated rings. The Morgan fingerprint density at radius 3 is 2.05 bits per heavy atom. The molecule has 2 heterocycles. The predicted octanol–water partition coefficient (Wildman–Crippen LogP) is -6.48. The number of aldehydes is 1. The van der Waals surface area contributed by atoms with E-state index in [2.05, 4.69) is 8.37 Å². The van der Waals surface area contributed by atoms with Crippen LogP contribution in [0.15, 0.2) is 18.3 Å². The molecule has 10 N–H and O–H groups in total. The van der Waals surface area contributed by atoms with Crippen molar-refractivity contribution in [3.8, 4) is 0 Å². The largest absolute Gasteiger partial charge is 0.397 e. The second-order valence-corrected chi connectivity index (χ2v) is 11.9. The Balaban J connectivity index is 2.85. The Morgan fingerprint density at radius 2 is 1.61 bits per heavy atom. The van der Waals surface area contributed by atoms with Crippen molar-refractivity contribution >= 4 is 44.9 Å². The number of aliphatic hydroxyl groups is 6. The lowest BCUT2D eigenvalue weighted by atomic mass is 9.85. The van der Waals surface area contributed by atoms with E-state index >= 15 is 0 Å². The molecule has 4 amide bonds. The topological polar surface area (TPSA) is 346 Å². The predicted molar refractivity (Wildman–Crippen MR) is 136 cm³/mol. The highest BCUT2D eigenvalue weighted by Gasteiger charge is 2.69. The molecule has 0 radical (unpaired) electrons. The van der Waals surface area contributed by atoms with Gasteiger partial charge in [-0.2, -0.15) is 16.8 Å². The number of amides is 4. The molecule has 0 spiro atoms. The van der Waals surface area contributed by atoms with Gasteiger partial charge in [0.1, 0.15) is 36.7 Å². The Morgan fingerprint density at radius 1 is 1.07 bits per heavy atom. The number of hydrogen-bond acceptors (Lipinski definition) is 16. The van der Waals surface area contributed by atoms with Crippen LogP contribution in [0.1, 0.15) is 10.5 Å². The van der Waals surface area contributed by atoms with E-state index in [1.807, 2.05) is 5.32 Å². The Kier molecular flexibility index (Phi) is 11.5. The van der Waals surface area contributed by atoms with Gasteiger partial charge in [-0.25, -0.2) is 22.4 Å². The number of likely N-dealkylation sites (N-methyl/N-ethyl adjacent to an activating group) is 1. The van der Waals surface area contributed by atoms with Crippen LogP contribution in [0.4, 0.5) is 4.79 Å². The third-order valence-electron chi connectivity index (χ3n) is 6.97. The Bertz CT molecular complexity index is 1470. The van der Waals surface area contributed by atoms with Crippen LogP contribution >= 0.6 is 0 Å². The van der Waals surface area contributed by atoms with Crippen LogP contribution in [0.25, 0.3) is 0 Å². The lowest BCUT2D eigenvalue weighted by Crippen LogP contribution is -2.83. The molecule has 0 aliphatic carbocycles. The van der Waals surface area contributed by atoms with E-state index in [1.54, 1.807) is 5.32 Å². The van der Waals surface area contributed by atoms with Crippen molar-refractivity contribution in [2.24, 2.45) is 7.05 Å². The number of urea groups is 1. The van der Waals surface area contributed by atoms with E-state index in [0.29, 0.717) is 7.05 Å². The van der Waals surface area contributed by atoms with Gasteiger partial charge in [-0.3, -0.25) is 24.0 Å². The molecule has 44 heavy (non-hydrogen) atoms. The van der Waals surface area contributed by atoms with Gasteiger partial charge in [0.15, 0.2) is 24.5 Å². The van der Waals surface area contributed by atoms with Gasteiger partial charge in [-0.05, 0) is 12.1 Å². The summed E-state index contributed by atoms with van der Waals surface area (Å²) in [7, 11) is -8.81. The first-order valence-electron chi connectivity index (χ1n) is 12.0. The van der Waals surface area contributed by atoms with Crippen molar-refractivity contribution in [1.29, 1.82) is 0 Å². The minimum Gasteiger partial charge on any atom is -0.388 e. The number of aliphatic hydroxyl groups excluding tert-OH is 5. The summed E-state index contributed by atoms with van der Waals surface area (Å²) in [5, 5.41) is 69.7. The van der Waals surface area contributed by atoms with Crippen molar-refractivity contribution in [3.05, 3.63) is 24.0 Å². The van der Waals surface area contributed by atoms with E-state index in [1.165, 1.54) is 19.3 Å². The van der Waals surface area contributed by atoms with Crippen molar-refractivity contribution in [1.82, 2.24) is 15.2 Å². The molecule has 1 aromatic heterocycles. The molecular weight excluding hydrogens is 648 g/mol. The summed E-state index contributed by atoms with van der Waals surface area (Å²) in [5.41, 5.74) is -4.29. The summed E-state index contributed by atoms with van der Waals surface area (Å²) in [6, 6.07) is -3.83. The molecule has 0 bridgehead atoms. The summed E-state index contributed by atoms with van der Waals surface area (Å²) in [6.07, 6.45) is -12.8. The molecule has 250 valence electrons. The molecule has 1 unspecified atom stereocenters. The first kappa shape index (κ1) is 37.2. The number of nitrogens with zero attached hydrogens (tertiary/aromatic N) is 2. The fraction of sp³-hybridized carbons (Fsp3) is 0.600. The summed E-state index contributed by atoms with van der Waals surface area (Å²) >= 11 is 0. The molecule has 9 atom stereocenters. The summed E-state index contributed by atoms with van der Waals surface area (Å²) in [5.74, 6) is -2.88. The van der Waals surface area contributed by atoms with Crippen molar-refractivity contribution < 1.29 is 88.6 Å². The van der Waals surface area contributed by atoms with Crippen LogP contribution in [-0.4, -0.2) is 158 Å². The maximum absolute atomic E-state index is 14.1. The molecule has 24 heteroatoms. The molecule has 2 rings (SSSR count). The van der Waals surface area contributed by atoms with E-state index in [9.17, 15) is 66.7 Å². The third kappa shape index (κ3) is 7.62. The van der Waals surface area contributed by atoms with Crippen LogP contribution in [0.2, 0.25) is 0 Å². The number of rotatable bonds is 16. The average molecular weight is 680 g/mol. The second kappa shape index (κ2) is 13.6. The number of aromatic nitrogens is 1.